The van der Waals surface area contributed by atoms with Crippen LogP contribution in [0.25, 0.3) is 21.5 Å². The Kier molecular flexibility index (Phi) is 13.7. The van der Waals surface area contributed by atoms with Crippen LogP contribution in [0, 0.1) is 0 Å². The molecule has 4 aromatic carbocycles. The number of nitrogens with zero attached hydrogens (tertiary/aromatic N) is 2. The predicted molar refractivity (Wildman–Crippen MR) is 263 cm³/mol. The summed E-state index contributed by atoms with van der Waals surface area (Å²) >= 11 is 0. The van der Waals surface area contributed by atoms with Gasteiger partial charge in [0.15, 0.2) is 15.5 Å². The van der Waals surface area contributed by atoms with Crippen molar-refractivity contribution in [3.8, 4) is 0 Å². The second-order valence-electron chi connectivity index (χ2n) is 19.2. The van der Waals surface area contributed by atoms with Crippen molar-refractivity contribution in [1.82, 2.24) is 0 Å². The predicted octanol–water partition coefficient (Wildman–Crippen LogP) is 8.72. The van der Waals surface area contributed by atoms with E-state index < -0.39 is 72.4 Å². The van der Waals surface area contributed by atoms with Crippen molar-refractivity contribution in [3.05, 3.63) is 106 Å². The summed E-state index contributed by atoms with van der Waals surface area (Å²) in [5.41, 5.74) is 4.32. The van der Waals surface area contributed by atoms with E-state index in [9.17, 15) is 61.0 Å². The number of anilines is 1. The molecule has 2 atom stereocenters. The second kappa shape index (κ2) is 18.0. The third-order valence-corrected chi connectivity index (χ3v) is 19.4. The van der Waals surface area contributed by atoms with Gasteiger partial charge in [0.2, 0.25) is 5.69 Å². The topological polar surface area (TPSA) is 270 Å². The molecule has 0 radical (unpaired) electrons. The lowest BCUT2D eigenvalue weighted by molar-refractivity contribution is -0.440. The Morgan fingerprint density at radius 1 is 0.706 bits per heavy atom. The largest absolute Gasteiger partial charge is 0.748 e. The van der Waals surface area contributed by atoms with Gasteiger partial charge in [-0.1, -0.05) is 43.7 Å². The first-order chi connectivity index (χ1) is 31.2. The summed E-state index contributed by atoms with van der Waals surface area (Å²) in [6.45, 7) is 10.9. The smallest absolute Gasteiger partial charge is 0.294 e. The zero-order chi connectivity index (χ0) is 50.3. The highest BCUT2D eigenvalue weighted by atomic mass is 32.3. The minimum absolute atomic E-state index is 0.0103. The Morgan fingerprint density at radius 3 is 1.87 bits per heavy atom. The Bertz CT molecular complexity index is 3350. The van der Waals surface area contributed by atoms with Gasteiger partial charge in [-0.15, -0.1) is 0 Å². The number of benzene rings is 4. The minimum Gasteiger partial charge on any atom is -0.748 e. The molecule has 2 unspecified atom stereocenters. The Balaban J connectivity index is 1.31. The lowest BCUT2D eigenvalue weighted by Gasteiger charge is -2.29. The number of allylic oxidation sites excluding steroid dienone is 5. The molecule has 3 aliphatic rings. The van der Waals surface area contributed by atoms with Crippen LogP contribution in [0.4, 0.5) is 11.4 Å². The van der Waals surface area contributed by atoms with Crippen LogP contribution in [0.5, 0.6) is 0 Å². The lowest BCUT2D eigenvalue weighted by atomic mass is 9.77. The van der Waals surface area contributed by atoms with Crippen LogP contribution < -0.4 is 4.90 Å². The van der Waals surface area contributed by atoms with Crippen molar-refractivity contribution in [2.24, 2.45) is 0 Å². The number of sulfone groups is 1. The van der Waals surface area contributed by atoms with Gasteiger partial charge in [-0.2, -0.15) is 13.0 Å². The SMILES string of the molecule is CC(CCN1/C(=C/C=C2\CCCC(CCC3=[N+](CCC(C)S(=O)(=O)[O-])c4ccc5cc(S(O)(O)O)ccc5c4C3(C)C)=C2S(C)(=O)=O)C(C)(C)c2c1ccc1cc(S(=O)(=O)O)ccc21)S(=O)(=O)[O-]. The molecule has 0 bridgehead atoms. The molecule has 0 spiro atoms. The monoisotopic (exact) mass is 1030 g/mol. The summed E-state index contributed by atoms with van der Waals surface area (Å²) in [6.07, 6.45) is 6.92. The van der Waals surface area contributed by atoms with Crippen molar-refractivity contribution in [3.63, 3.8) is 0 Å². The van der Waals surface area contributed by atoms with E-state index in [1.165, 1.54) is 38.1 Å². The first kappa shape index (κ1) is 51.8. The molecule has 16 nitrogen and oxygen atoms in total. The van der Waals surface area contributed by atoms with Crippen LogP contribution in [-0.4, -0.2) is 101 Å². The van der Waals surface area contributed by atoms with Gasteiger partial charge < -0.3 is 27.7 Å². The average Bonchev–Trinajstić information content (AvgIpc) is 3.58. The van der Waals surface area contributed by atoms with E-state index in [0.29, 0.717) is 70.8 Å². The van der Waals surface area contributed by atoms with Gasteiger partial charge in [0, 0.05) is 59.3 Å². The summed E-state index contributed by atoms with van der Waals surface area (Å²) in [5, 5.41) is 0.166. The molecule has 2 heterocycles. The molecule has 2 aliphatic heterocycles. The highest BCUT2D eigenvalue weighted by molar-refractivity contribution is 8.19. The van der Waals surface area contributed by atoms with Crippen LogP contribution in [0.3, 0.4) is 0 Å². The van der Waals surface area contributed by atoms with E-state index in [0.717, 1.165) is 34.2 Å². The van der Waals surface area contributed by atoms with Gasteiger partial charge in [-0.3, -0.25) is 4.55 Å². The normalized spacial score (nSPS) is 20.2. The van der Waals surface area contributed by atoms with E-state index in [1.54, 1.807) is 36.4 Å². The molecular weight excluding hydrogens is 977 g/mol. The lowest BCUT2D eigenvalue weighted by Crippen LogP contribution is -2.31. The zero-order valence-corrected chi connectivity index (χ0v) is 42.8. The molecule has 0 fully saturated rings. The maximum atomic E-state index is 13.9. The molecule has 21 heteroatoms. The van der Waals surface area contributed by atoms with Crippen LogP contribution in [0.1, 0.15) is 97.6 Å². The maximum Gasteiger partial charge on any atom is 0.294 e. The zero-order valence-electron chi connectivity index (χ0n) is 38.8. The quantitative estimate of drug-likeness (QED) is 0.0640. The van der Waals surface area contributed by atoms with Gasteiger partial charge in [-0.25, -0.2) is 25.3 Å². The second-order valence-corrected chi connectivity index (χ2v) is 27.6. The molecule has 4 aromatic rings. The van der Waals surface area contributed by atoms with Crippen LogP contribution in [0.2, 0.25) is 0 Å². The van der Waals surface area contributed by atoms with E-state index in [1.807, 2.05) is 49.3 Å². The molecule has 4 N–H and O–H groups in total. The summed E-state index contributed by atoms with van der Waals surface area (Å²) < 4.78 is 166. The summed E-state index contributed by atoms with van der Waals surface area (Å²) in [4.78, 5) is 1.76. The molecule has 0 saturated heterocycles. The molecule has 0 amide bonds. The Morgan fingerprint density at radius 2 is 1.28 bits per heavy atom. The van der Waals surface area contributed by atoms with Crippen molar-refractivity contribution in [1.29, 1.82) is 0 Å². The highest BCUT2D eigenvalue weighted by Crippen LogP contribution is 2.52. The van der Waals surface area contributed by atoms with E-state index in [4.69, 9.17) is 0 Å². The summed E-state index contributed by atoms with van der Waals surface area (Å²) in [5.74, 6) is 0. The first-order valence-corrected chi connectivity index (χ1v) is 29.8. The molecule has 7 rings (SSSR count). The summed E-state index contributed by atoms with van der Waals surface area (Å²) in [7, 11) is -21.6. The molecule has 0 saturated carbocycles. The minimum atomic E-state index is -4.63. The average molecular weight is 1030 g/mol. The molecule has 0 aromatic heterocycles. The fourth-order valence-electron chi connectivity index (χ4n) is 10.4. The molecule has 68 heavy (non-hydrogen) atoms. The van der Waals surface area contributed by atoms with Gasteiger partial charge >= 0.3 is 0 Å². The molecule has 370 valence electrons. The van der Waals surface area contributed by atoms with Gasteiger partial charge in [0.25, 0.3) is 10.1 Å². The Hall–Kier alpha value is -4.00. The van der Waals surface area contributed by atoms with Gasteiger partial charge in [0.05, 0.1) is 45.6 Å². The van der Waals surface area contributed by atoms with Crippen LogP contribution >= 0.6 is 10.9 Å². The van der Waals surface area contributed by atoms with Crippen molar-refractivity contribution in [2.45, 2.75) is 118 Å². The molecular formula is C47H57N2O14S5-. The number of hydrogen-bond donors (Lipinski definition) is 4. The number of rotatable bonds is 15. The maximum absolute atomic E-state index is 13.9. The first-order valence-electron chi connectivity index (χ1n) is 22.0. The third-order valence-electron chi connectivity index (χ3n) is 13.9. The molecule has 1 aliphatic carbocycles. The highest BCUT2D eigenvalue weighted by Gasteiger charge is 2.47. The van der Waals surface area contributed by atoms with Crippen LogP contribution in [0.15, 0.2) is 104 Å². The van der Waals surface area contributed by atoms with E-state index in [2.05, 4.69) is 0 Å². The third kappa shape index (κ3) is 9.99. The van der Waals surface area contributed by atoms with Crippen molar-refractivity contribution < 1.29 is 65.6 Å². The van der Waals surface area contributed by atoms with Crippen LogP contribution in [-0.2, 0) is 51.0 Å². The fourth-order valence-corrected chi connectivity index (χ4v) is 13.6. The number of hydrogen-bond acceptors (Lipinski definition) is 14. The van der Waals surface area contributed by atoms with Gasteiger partial charge in [-0.05, 0) is 135 Å². The van der Waals surface area contributed by atoms with Crippen molar-refractivity contribution in [2.75, 3.05) is 24.2 Å². The fraction of sp³-hybridized carbons (Fsp3) is 0.426. The standard InChI is InChI=1S/C47H58N2O14S5/c1-29(65(52,53)54)23-25-48-39-19-11-33-27-35(67(58,59)60)15-17-37(33)43(39)46(3,4)41(48)21-13-31-9-8-10-32(45(31)64(7,50)51)14-22-42-47(5,6)44-38-18-16-36(68(61,62)63)28-34(38)12-20-40(44)49(42)26-24-30(2)66(55,56)57/h11-13,15-21,27-30H,8-10,14,22-26H2,1-7H3,(H5-,52,53,54,55,56,57,58,59,60,61,62,63)/p-1/b31-13+,41-21+. The van der Waals surface area contributed by atoms with E-state index in [-0.39, 0.29) is 40.6 Å². The Labute approximate surface area is 400 Å². The summed E-state index contributed by atoms with van der Waals surface area (Å²) in [6, 6.07) is 15.9. The number of fused-ring (bicyclic) bond motifs is 6. The van der Waals surface area contributed by atoms with Crippen molar-refractivity contribution >= 4 is 89.7 Å². The van der Waals surface area contributed by atoms with E-state index >= 15 is 0 Å². The van der Waals surface area contributed by atoms with Gasteiger partial charge in [0.1, 0.15) is 17.4 Å².